The zero-order valence-corrected chi connectivity index (χ0v) is 17.5. The highest BCUT2D eigenvalue weighted by Crippen LogP contribution is 2.25. The van der Waals surface area contributed by atoms with Gasteiger partial charge in [0, 0.05) is 37.3 Å². The van der Waals surface area contributed by atoms with Gasteiger partial charge < -0.3 is 19.9 Å². The predicted octanol–water partition coefficient (Wildman–Crippen LogP) is 0.858. The Morgan fingerprint density at radius 3 is 2.63 bits per heavy atom. The fraction of sp³-hybridized carbons (Fsp3) is 0.381. The lowest BCUT2D eigenvalue weighted by Crippen LogP contribution is -2.41. The van der Waals surface area contributed by atoms with Crippen molar-refractivity contribution in [2.24, 2.45) is 0 Å². The normalized spacial score (nSPS) is 19.2. The molecule has 4 rings (SSSR count). The van der Waals surface area contributed by atoms with Crippen molar-refractivity contribution in [3.8, 4) is 0 Å². The van der Waals surface area contributed by atoms with E-state index in [0.717, 1.165) is 11.3 Å². The molecule has 1 N–H and O–H groups in total. The minimum absolute atomic E-state index is 0.0181. The van der Waals surface area contributed by atoms with Crippen LogP contribution in [0.1, 0.15) is 32.0 Å². The average molecular weight is 423 g/mol. The van der Waals surface area contributed by atoms with Crippen LogP contribution in [0.25, 0.3) is 0 Å². The first-order valence-corrected chi connectivity index (χ1v) is 10.7. The molecule has 2 aliphatic heterocycles. The number of amides is 3. The Balaban J connectivity index is 1.43. The van der Waals surface area contributed by atoms with E-state index in [-0.39, 0.29) is 30.2 Å². The van der Waals surface area contributed by atoms with E-state index in [0.29, 0.717) is 48.1 Å². The summed E-state index contributed by atoms with van der Waals surface area (Å²) in [6.45, 7) is 4.54. The predicted molar refractivity (Wildman–Crippen MR) is 116 cm³/mol. The summed E-state index contributed by atoms with van der Waals surface area (Å²) in [7, 11) is 5.68. The molecule has 154 valence electrons. The molecule has 2 aliphatic rings. The van der Waals surface area contributed by atoms with Crippen LogP contribution in [0.4, 0.5) is 5.69 Å². The summed E-state index contributed by atoms with van der Waals surface area (Å²) in [6.07, 6.45) is 0.236. The lowest BCUT2D eigenvalue weighted by atomic mass is 10.1. The number of carbonyl (C=O) groups excluding carboxylic acids is 3. The number of hydrogen-bond donors (Lipinski definition) is 1. The minimum Gasteiger partial charge on any atom is -0.378 e. The van der Waals surface area contributed by atoms with E-state index in [1.807, 2.05) is 13.0 Å². The zero-order chi connectivity index (χ0) is 21.3. The van der Waals surface area contributed by atoms with Crippen LogP contribution in [0, 0.1) is 6.92 Å². The fourth-order valence-corrected chi connectivity index (χ4v) is 4.46. The number of hydrogen-bond acceptors (Lipinski definition) is 5. The Morgan fingerprint density at radius 2 is 1.97 bits per heavy atom. The van der Waals surface area contributed by atoms with Crippen LogP contribution >= 0.6 is 11.3 Å². The van der Waals surface area contributed by atoms with Gasteiger partial charge in [-0.25, -0.2) is 0 Å². The Hall–Kier alpha value is -2.65. The molecule has 1 atom stereocenters. The number of aryl methyl sites for hydroxylation is 1. The fourth-order valence-electron chi connectivity index (χ4n) is 3.78. The quantitative estimate of drug-likeness (QED) is 0.740. The van der Waals surface area contributed by atoms with Gasteiger partial charge in [-0.1, -0.05) is 6.07 Å². The maximum atomic E-state index is 12.8. The van der Waals surface area contributed by atoms with Gasteiger partial charge in [-0.2, -0.15) is 0 Å². The van der Waals surface area contributed by atoms with Gasteiger partial charge in [0.2, 0.25) is 5.91 Å². The molecule has 9 heteroatoms. The van der Waals surface area contributed by atoms with E-state index in [1.165, 1.54) is 11.3 Å². The summed E-state index contributed by atoms with van der Waals surface area (Å²) < 4.78 is 5.88. The summed E-state index contributed by atoms with van der Waals surface area (Å²) in [6, 6.07) is 8.52. The number of nitrogens with one attached hydrogen (secondary N) is 1. The molecule has 30 heavy (non-hydrogen) atoms. The molecule has 0 bridgehead atoms. The number of nitrogens with zero attached hydrogens (tertiary/aromatic N) is 2. The van der Waals surface area contributed by atoms with E-state index in [1.54, 1.807) is 34.1 Å². The first-order valence-electron chi connectivity index (χ1n) is 9.86. The summed E-state index contributed by atoms with van der Waals surface area (Å²) >= 11 is 1.22. The second-order valence-electron chi connectivity index (χ2n) is 7.48. The van der Waals surface area contributed by atoms with Crippen LogP contribution in [-0.4, -0.2) is 69.4 Å². The molecule has 0 aliphatic carbocycles. The Morgan fingerprint density at radius 1 is 1.20 bits per heavy atom. The molecule has 1 aromatic carbocycles. The highest BCUT2D eigenvalue weighted by atomic mass is 32.1. The van der Waals surface area contributed by atoms with Gasteiger partial charge in [0.05, 0.1) is 24.1 Å². The van der Waals surface area contributed by atoms with Gasteiger partial charge >= 0.3 is 0 Å². The van der Waals surface area contributed by atoms with E-state index in [2.05, 4.69) is 5.32 Å². The number of rotatable bonds is 4. The Kier molecular flexibility index (Phi) is 5.92. The molecular weight excluding hydrogens is 401 g/mol. The molecular formula is C21H22BN3O4S. The molecule has 0 saturated carbocycles. The van der Waals surface area contributed by atoms with Crippen molar-refractivity contribution in [3.63, 3.8) is 0 Å². The van der Waals surface area contributed by atoms with Gasteiger partial charge in [-0.3, -0.25) is 14.4 Å². The van der Waals surface area contributed by atoms with Crippen molar-refractivity contribution in [2.45, 2.75) is 19.4 Å². The van der Waals surface area contributed by atoms with Gasteiger partial charge in [-0.15, -0.1) is 11.3 Å². The van der Waals surface area contributed by atoms with Crippen LogP contribution in [0.15, 0.2) is 30.3 Å². The maximum absolute atomic E-state index is 12.8. The first-order chi connectivity index (χ1) is 14.4. The maximum Gasteiger partial charge on any atom is 0.261 e. The molecule has 2 radical (unpaired) electrons. The summed E-state index contributed by atoms with van der Waals surface area (Å²) in [5.74, 6) is -0.299. The van der Waals surface area contributed by atoms with Crippen LogP contribution in [0.5, 0.6) is 0 Å². The van der Waals surface area contributed by atoms with Gasteiger partial charge in [-0.05, 0) is 41.5 Å². The molecule has 7 nitrogen and oxygen atoms in total. The van der Waals surface area contributed by atoms with Gasteiger partial charge in [0.1, 0.15) is 7.85 Å². The van der Waals surface area contributed by atoms with Gasteiger partial charge in [0.15, 0.2) is 0 Å². The lowest BCUT2D eigenvalue weighted by Gasteiger charge is -2.27. The number of benzene rings is 1. The molecule has 1 aromatic heterocycles. The zero-order valence-electron chi connectivity index (χ0n) is 16.7. The number of anilines is 1. The standard InChI is InChI=1S/C21H22BN3O4S/c1-13-10-15(2-3-16(13)21(28)24-6-8-29-9-7-24)25-12-14(11-19(25)26)23-20(27)17-4-5-18(22)30-17/h2-5,10,14H,6-9,11-12H2,1H3,(H,23,27). The van der Waals surface area contributed by atoms with Crippen LogP contribution in [-0.2, 0) is 9.53 Å². The van der Waals surface area contributed by atoms with Crippen molar-refractivity contribution in [1.82, 2.24) is 10.2 Å². The van der Waals surface area contributed by atoms with Crippen LogP contribution in [0.2, 0.25) is 0 Å². The third-order valence-corrected chi connectivity index (χ3v) is 6.27. The molecule has 2 fully saturated rings. The monoisotopic (exact) mass is 423 g/mol. The summed E-state index contributed by atoms with van der Waals surface area (Å²) in [5.41, 5.74) is 2.18. The minimum atomic E-state index is -0.275. The molecule has 2 saturated heterocycles. The Labute approximate surface area is 180 Å². The second-order valence-corrected chi connectivity index (χ2v) is 8.60. The number of carbonyl (C=O) groups is 3. The van der Waals surface area contributed by atoms with Crippen molar-refractivity contribution in [3.05, 3.63) is 46.3 Å². The SMILES string of the molecule is [B]c1ccc(C(=O)NC2CC(=O)N(c3ccc(C(=O)N4CCOCC4)c(C)c3)C2)s1. The summed E-state index contributed by atoms with van der Waals surface area (Å²) in [4.78, 5) is 41.6. The lowest BCUT2D eigenvalue weighted by molar-refractivity contribution is -0.117. The third kappa shape index (κ3) is 4.27. The number of ether oxygens (including phenoxy) is 1. The van der Waals surface area contributed by atoms with Crippen molar-refractivity contribution < 1.29 is 19.1 Å². The highest BCUT2D eigenvalue weighted by Gasteiger charge is 2.32. The van der Waals surface area contributed by atoms with Crippen molar-refractivity contribution in [2.75, 3.05) is 37.7 Å². The topological polar surface area (TPSA) is 79.0 Å². The smallest absolute Gasteiger partial charge is 0.261 e. The average Bonchev–Trinajstić information content (AvgIpc) is 3.33. The number of morpholine rings is 1. The Bertz CT molecular complexity index is 986. The first kappa shape index (κ1) is 20.6. The largest absolute Gasteiger partial charge is 0.378 e. The third-order valence-electron chi connectivity index (χ3n) is 5.36. The summed E-state index contributed by atoms with van der Waals surface area (Å²) in [5, 5.41) is 2.91. The van der Waals surface area contributed by atoms with E-state index in [4.69, 9.17) is 12.6 Å². The van der Waals surface area contributed by atoms with Gasteiger partial charge in [0.25, 0.3) is 11.8 Å². The molecule has 2 aromatic rings. The molecule has 3 amide bonds. The second kappa shape index (κ2) is 8.61. The van der Waals surface area contributed by atoms with E-state index >= 15 is 0 Å². The number of thiophene rings is 1. The van der Waals surface area contributed by atoms with E-state index < -0.39 is 0 Å². The molecule has 1 unspecified atom stereocenters. The van der Waals surface area contributed by atoms with Crippen LogP contribution in [0.3, 0.4) is 0 Å². The highest BCUT2D eigenvalue weighted by molar-refractivity contribution is 7.21. The van der Waals surface area contributed by atoms with Crippen molar-refractivity contribution in [1.29, 1.82) is 0 Å². The van der Waals surface area contributed by atoms with Crippen LogP contribution < -0.4 is 15.0 Å². The molecule has 3 heterocycles. The van der Waals surface area contributed by atoms with E-state index in [9.17, 15) is 14.4 Å². The van der Waals surface area contributed by atoms with Crippen molar-refractivity contribution >= 4 is 47.4 Å². The molecule has 0 spiro atoms.